The summed E-state index contributed by atoms with van der Waals surface area (Å²) in [6.07, 6.45) is 2.23. The van der Waals surface area contributed by atoms with Gasteiger partial charge >= 0.3 is 11.9 Å². The van der Waals surface area contributed by atoms with Crippen LogP contribution in [0.3, 0.4) is 0 Å². The van der Waals surface area contributed by atoms with Crippen molar-refractivity contribution in [2.24, 2.45) is 5.92 Å². The molecule has 0 saturated carbocycles. The van der Waals surface area contributed by atoms with Gasteiger partial charge in [0.1, 0.15) is 29.7 Å². The fourth-order valence-corrected chi connectivity index (χ4v) is 3.74. The van der Waals surface area contributed by atoms with Gasteiger partial charge in [0.05, 0.1) is 7.11 Å². The molecule has 11 nitrogen and oxygen atoms in total. The molecule has 1 aliphatic heterocycles. The highest BCUT2D eigenvalue weighted by atomic mass is 16.7. The minimum absolute atomic E-state index is 0.0979. The molecule has 0 spiro atoms. The summed E-state index contributed by atoms with van der Waals surface area (Å²) < 4.78 is 17.3. The maximum Gasteiger partial charge on any atom is 0.326 e. The first-order valence-corrected chi connectivity index (χ1v) is 11.1. The number of carbonyl (C=O) groups is 3. The van der Waals surface area contributed by atoms with Crippen LogP contribution in [0.4, 0.5) is 5.82 Å². The van der Waals surface area contributed by atoms with Gasteiger partial charge in [-0.2, -0.15) is 0 Å². The van der Waals surface area contributed by atoms with E-state index in [0.29, 0.717) is 40.6 Å². The second-order valence-electron chi connectivity index (χ2n) is 8.13. The van der Waals surface area contributed by atoms with E-state index < -0.39 is 23.9 Å². The molecule has 1 amide bonds. The lowest BCUT2D eigenvalue weighted by Crippen LogP contribution is -2.45. The zero-order chi connectivity index (χ0) is 25.1. The van der Waals surface area contributed by atoms with E-state index in [2.05, 4.69) is 15.6 Å². The van der Waals surface area contributed by atoms with Crippen LogP contribution in [-0.2, 0) is 14.3 Å². The molecule has 184 valence electrons. The highest BCUT2D eigenvalue weighted by Gasteiger charge is 2.26. The van der Waals surface area contributed by atoms with Crippen molar-refractivity contribution in [3.8, 4) is 22.8 Å². The van der Waals surface area contributed by atoms with E-state index in [4.69, 9.17) is 14.2 Å². The third kappa shape index (κ3) is 4.84. The van der Waals surface area contributed by atoms with Crippen LogP contribution in [0, 0.1) is 5.92 Å². The van der Waals surface area contributed by atoms with Gasteiger partial charge in [-0.1, -0.05) is 20.3 Å². The van der Waals surface area contributed by atoms with E-state index >= 15 is 0 Å². The van der Waals surface area contributed by atoms with Crippen molar-refractivity contribution in [2.45, 2.75) is 26.3 Å². The molecule has 4 rings (SSSR count). The highest BCUT2D eigenvalue weighted by molar-refractivity contribution is 5.97. The van der Waals surface area contributed by atoms with Gasteiger partial charge in [0.2, 0.25) is 6.79 Å². The molecule has 35 heavy (non-hydrogen) atoms. The largest absolute Gasteiger partial charge is 0.480 e. The van der Waals surface area contributed by atoms with Crippen LogP contribution in [0.1, 0.15) is 30.6 Å². The molecule has 0 radical (unpaired) electrons. The number of carboxylic acids is 1. The second-order valence-corrected chi connectivity index (χ2v) is 8.13. The maximum absolute atomic E-state index is 12.8. The van der Waals surface area contributed by atoms with E-state index in [0.717, 1.165) is 0 Å². The van der Waals surface area contributed by atoms with Crippen LogP contribution in [0.5, 0.6) is 11.5 Å². The number of pyridine rings is 1. The number of carbonyl (C=O) groups excluding carboxylic acids is 2. The normalized spacial score (nSPS) is 13.8. The lowest BCUT2D eigenvalue weighted by atomic mass is 9.99. The zero-order valence-electron chi connectivity index (χ0n) is 19.5. The molecule has 1 aliphatic rings. The summed E-state index contributed by atoms with van der Waals surface area (Å²) in [5, 5.41) is 15.1. The Morgan fingerprint density at radius 1 is 1.20 bits per heavy atom. The van der Waals surface area contributed by atoms with Crippen molar-refractivity contribution in [2.75, 3.05) is 25.8 Å². The van der Waals surface area contributed by atoms with Crippen molar-refractivity contribution in [3.05, 3.63) is 42.1 Å². The van der Waals surface area contributed by atoms with Gasteiger partial charge in [0, 0.05) is 17.3 Å². The Hall–Kier alpha value is -4.28. The molecular weight excluding hydrogens is 456 g/mol. The number of methoxy groups -OCH3 is 1. The minimum atomic E-state index is -1.09. The highest BCUT2D eigenvalue weighted by Crippen LogP contribution is 2.38. The number of aromatic nitrogens is 2. The Morgan fingerprint density at radius 2 is 1.97 bits per heavy atom. The molecule has 0 aliphatic carbocycles. The van der Waals surface area contributed by atoms with Gasteiger partial charge in [-0.25, -0.2) is 9.78 Å². The van der Waals surface area contributed by atoms with E-state index in [1.807, 2.05) is 13.0 Å². The van der Waals surface area contributed by atoms with Crippen molar-refractivity contribution >= 4 is 29.3 Å². The number of amides is 1. The average molecular weight is 482 g/mol. The van der Waals surface area contributed by atoms with Crippen LogP contribution in [0.25, 0.3) is 16.9 Å². The summed E-state index contributed by atoms with van der Waals surface area (Å²) in [5.41, 5.74) is 1.91. The first kappa shape index (κ1) is 23.9. The van der Waals surface area contributed by atoms with Gasteiger partial charge in [-0.3, -0.25) is 14.0 Å². The molecule has 0 bridgehead atoms. The maximum atomic E-state index is 12.8. The van der Waals surface area contributed by atoms with Crippen molar-refractivity contribution in [3.63, 3.8) is 0 Å². The number of nitrogens with one attached hydrogen (secondary N) is 2. The van der Waals surface area contributed by atoms with Gasteiger partial charge in [0.15, 0.2) is 11.5 Å². The third-order valence-corrected chi connectivity index (χ3v) is 5.93. The van der Waals surface area contributed by atoms with E-state index in [-0.39, 0.29) is 24.8 Å². The summed E-state index contributed by atoms with van der Waals surface area (Å²) in [7, 11) is 1.30. The van der Waals surface area contributed by atoms with Crippen LogP contribution in [0.15, 0.2) is 36.5 Å². The monoisotopic (exact) mass is 482 g/mol. The summed E-state index contributed by atoms with van der Waals surface area (Å²) in [4.78, 5) is 40.9. The predicted molar refractivity (Wildman–Crippen MR) is 126 cm³/mol. The van der Waals surface area contributed by atoms with E-state index in [1.54, 1.807) is 41.8 Å². The number of esters is 1. The van der Waals surface area contributed by atoms with Crippen molar-refractivity contribution in [1.82, 2.24) is 14.7 Å². The summed E-state index contributed by atoms with van der Waals surface area (Å²) in [6.45, 7) is 3.67. The minimum Gasteiger partial charge on any atom is -0.480 e. The molecule has 11 heteroatoms. The number of aliphatic carboxylic acids is 1. The Balaban J connectivity index is 1.71. The fraction of sp³-hybridized carbons (Fsp3) is 0.333. The summed E-state index contributed by atoms with van der Waals surface area (Å²) in [6, 6.07) is 7.48. The van der Waals surface area contributed by atoms with Crippen molar-refractivity contribution in [1.29, 1.82) is 0 Å². The van der Waals surface area contributed by atoms with Crippen LogP contribution >= 0.6 is 0 Å². The Labute approximate surface area is 201 Å². The Kier molecular flexibility index (Phi) is 6.76. The second kappa shape index (κ2) is 9.92. The Morgan fingerprint density at radius 3 is 2.69 bits per heavy atom. The number of anilines is 1. The number of hydrogen-bond donors (Lipinski definition) is 3. The molecule has 0 saturated heterocycles. The predicted octanol–water partition coefficient (Wildman–Crippen LogP) is 2.54. The quantitative estimate of drug-likeness (QED) is 0.392. The molecular formula is C24H26N4O7. The fourth-order valence-electron chi connectivity index (χ4n) is 3.74. The molecule has 2 unspecified atom stereocenters. The van der Waals surface area contributed by atoms with Crippen molar-refractivity contribution < 1.29 is 33.7 Å². The number of hydrogen-bond acceptors (Lipinski definition) is 8. The van der Waals surface area contributed by atoms with E-state index in [9.17, 15) is 19.5 Å². The smallest absolute Gasteiger partial charge is 0.326 e. The Bertz CT molecular complexity index is 1290. The first-order chi connectivity index (χ1) is 16.8. The zero-order valence-corrected chi connectivity index (χ0v) is 19.5. The third-order valence-electron chi connectivity index (χ3n) is 5.93. The number of fused-ring (bicyclic) bond motifs is 2. The summed E-state index contributed by atoms with van der Waals surface area (Å²) in [5.74, 6) is -0.598. The van der Waals surface area contributed by atoms with Gasteiger partial charge in [-0.15, -0.1) is 0 Å². The van der Waals surface area contributed by atoms with Crippen LogP contribution in [-0.4, -0.2) is 58.8 Å². The average Bonchev–Trinajstić information content (AvgIpc) is 3.48. The van der Waals surface area contributed by atoms with Crippen LogP contribution < -0.4 is 20.1 Å². The molecule has 2 aromatic heterocycles. The van der Waals surface area contributed by atoms with Gasteiger partial charge < -0.3 is 30.0 Å². The summed E-state index contributed by atoms with van der Waals surface area (Å²) >= 11 is 0. The number of benzene rings is 1. The number of rotatable bonds is 9. The van der Waals surface area contributed by atoms with Gasteiger partial charge in [-0.05, 0) is 36.2 Å². The lowest BCUT2D eigenvalue weighted by molar-refractivity contribution is -0.140. The molecule has 3 heterocycles. The van der Waals surface area contributed by atoms with E-state index in [1.165, 1.54) is 7.11 Å². The molecule has 3 aromatic rings. The first-order valence-electron chi connectivity index (χ1n) is 11.1. The standard InChI is InChI=1S/C24H26N4O7/c1-4-13(2)20(24(31)32)27-23(30)15-7-8-28-18(10-15)26-21(22(28)25-11-19(29)33-3)14-5-6-16-17(9-14)35-12-34-16/h5-10,13,20,25H,4,11-12H2,1-3H3,(H,27,30)(H,31,32). The molecule has 3 N–H and O–H groups in total. The SMILES string of the molecule is CCC(C)C(NC(=O)c1ccn2c(NCC(=O)OC)c(-c3ccc4c(c3)OCO4)nc2c1)C(=O)O. The number of ether oxygens (including phenoxy) is 3. The number of carboxylic acid groups (broad SMARTS) is 1. The van der Waals surface area contributed by atoms with Crippen LogP contribution in [0.2, 0.25) is 0 Å². The van der Waals surface area contributed by atoms with Gasteiger partial charge in [0.25, 0.3) is 5.91 Å². The molecule has 2 atom stereocenters. The topological polar surface area (TPSA) is 140 Å². The lowest BCUT2D eigenvalue weighted by Gasteiger charge is -2.20. The molecule has 1 aromatic carbocycles. The number of nitrogens with zero attached hydrogens (tertiary/aromatic N) is 2. The molecule has 0 fully saturated rings. The number of imidazole rings is 1.